The fourth-order valence-corrected chi connectivity index (χ4v) is 4.87. The third-order valence-electron chi connectivity index (χ3n) is 6.86. The van der Waals surface area contributed by atoms with E-state index in [4.69, 9.17) is 5.11 Å². The maximum atomic E-state index is 10.9. The molecule has 0 saturated carbocycles. The Balaban J connectivity index is 2.07. The average Bonchev–Trinajstić information content (AvgIpc) is 2.88. The van der Waals surface area contributed by atoms with Crippen molar-refractivity contribution in [2.75, 3.05) is 0 Å². The van der Waals surface area contributed by atoms with Crippen molar-refractivity contribution < 1.29 is 9.90 Å². The fraction of sp³-hybridized carbons (Fsp3) is 0.519. The number of aliphatic carboxylic acids is 1. The van der Waals surface area contributed by atoms with Crippen LogP contribution in [0, 0.1) is 0 Å². The molecule has 2 nitrogen and oxygen atoms in total. The van der Waals surface area contributed by atoms with Gasteiger partial charge in [-0.25, -0.2) is 4.79 Å². The standard InChI is InChI=1S/C27H36O2/c1-19(17-25(28)29)11-12-20-9-7-6-8-10-22(20)21-13-14-23-24(18-21)27(4,5)16-15-26(23,2)3/h11-14,17-18H,6-10,15-16H2,1-5H3,(H,28,29)/b12-11+,19-17+. The lowest BCUT2D eigenvalue weighted by Crippen LogP contribution is -2.33. The number of rotatable bonds is 4. The van der Waals surface area contributed by atoms with Gasteiger partial charge in [0.15, 0.2) is 0 Å². The van der Waals surface area contributed by atoms with Gasteiger partial charge in [-0.2, -0.15) is 0 Å². The van der Waals surface area contributed by atoms with E-state index >= 15 is 0 Å². The van der Waals surface area contributed by atoms with Crippen LogP contribution in [-0.2, 0) is 15.6 Å². The van der Waals surface area contributed by atoms with E-state index in [0.29, 0.717) is 0 Å². The molecule has 2 aliphatic carbocycles. The SMILES string of the molecule is CC(/C=C/C1=C(c2ccc3c(c2)C(C)(C)CCC3(C)C)CCCCC1)=C\C(=O)O. The first-order valence-electron chi connectivity index (χ1n) is 11.1. The number of fused-ring (bicyclic) bond motifs is 1. The van der Waals surface area contributed by atoms with Crippen molar-refractivity contribution in [3.8, 4) is 0 Å². The smallest absolute Gasteiger partial charge is 0.328 e. The highest BCUT2D eigenvalue weighted by Gasteiger charge is 2.37. The van der Waals surface area contributed by atoms with Crippen molar-refractivity contribution in [3.63, 3.8) is 0 Å². The van der Waals surface area contributed by atoms with Crippen LogP contribution in [0.25, 0.3) is 5.57 Å². The number of carboxylic acids is 1. The molecule has 0 bridgehead atoms. The molecule has 0 atom stereocenters. The first-order chi connectivity index (χ1) is 13.6. The molecule has 29 heavy (non-hydrogen) atoms. The maximum absolute atomic E-state index is 10.9. The Morgan fingerprint density at radius 2 is 1.62 bits per heavy atom. The van der Waals surface area contributed by atoms with Gasteiger partial charge in [-0.15, -0.1) is 0 Å². The van der Waals surface area contributed by atoms with Crippen LogP contribution in [0.3, 0.4) is 0 Å². The molecule has 1 N–H and O–H groups in total. The summed E-state index contributed by atoms with van der Waals surface area (Å²) < 4.78 is 0. The van der Waals surface area contributed by atoms with Crippen molar-refractivity contribution in [2.24, 2.45) is 0 Å². The minimum atomic E-state index is -0.887. The highest BCUT2D eigenvalue weighted by molar-refractivity contribution is 5.81. The van der Waals surface area contributed by atoms with Crippen molar-refractivity contribution in [1.29, 1.82) is 0 Å². The summed E-state index contributed by atoms with van der Waals surface area (Å²) in [5, 5.41) is 8.98. The summed E-state index contributed by atoms with van der Waals surface area (Å²) >= 11 is 0. The normalized spacial score (nSPS) is 21.8. The van der Waals surface area contributed by atoms with Crippen molar-refractivity contribution in [1.82, 2.24) is 0 Å². The monoisotopic (exact) mass is 392 g/mol. The quantitative estimate of drug-likeness (QED) is 0.430. The molecule has 156 valence electrons. The van der Waals surface area contributed by atoms with E-state index in [1.807, 2.05) is 13.0 Å². The molecule has 1 aromatic rings. The van der Waals surface area contributed by atoms with Crippen LogP contribution >= 0.6 is 0 Å². The minimum absolute atomic E-state index is 0.211. The Bertz CT molecular complexity index is 878. The number of carboxylic acid groups (broad SMARTS) is 1. The fourth-order valence-electron chi connectivity index (χ4n) is 4.87. The van der Waals surface area contributed by atoms with Gasteiger partial charge in [0.2, 0.25) is 0 Å². The number of allylic oxidation sites excluding steroid dienone is 5. The molecular weight excluding hydrogens is 356 g/mol. The van der Waals surface area contributed by atoms with E-state index in [1.54, 1.807) is 0 Å². The highest BCUT2D eigenvalue weighted by Crippen LogP contribution is 2.47. The van der Waals surface area contributed by atoms with Gasteiger partial charge in [-0.3, -0.25) is 0 Å². The predicted molar refractivity (Wildman–Crippen MR) is 122 cm³/mol. The molecule has 0 aromatic heterocycles. The average molecular weight is 393 g/mol. The predicted octanol–water partition coefficient (Wildman–Crippen LogP) is 7.34. The van der Waals surface area contributed by atoms with Gasteiger partial charge in [0, 0.05) is 6.08 Å². The summed E-state index contributed by atoms with van der Waals surface area (Å²) in [5.41, 5.74) is 8.42. The minimum Gasteiger partial charge on any atom is -0.478 e. The molecule has 0 saturated heterocycles. The Hall–Kier alpha value is -2.09. The Morgan fingerprint density at radius 3 is 2.31 bits per heavy atom. The van der Waals surface area contributed by atoms with E-state index in [0.717, 1.165) is 18.4 Å². The number of benzene rings is 1. The molecule has 0 fully saturated rings. The molecule has 2 aliphatic rings. The molecule has 0 aliphatic heterocycles. The molecule has 0 amide bonds. The van der Waals surface area contributed by atoms with Crippen LogP contribution in [0.2, 0.25) is 0 Å². The van der Waals surface area contributed by atoms with Crippen molar-refractivity contribution in [3.05, 3.63) is 64.3 Å². The van der Waals surface area contributed by atoms with Gasteiger partial charge in [-0.05, 0) is 89.7 Å². The molecule has 2 heteroatoms. The molecule has 0 unspecified atom stereocenters. The Labute approximate surface area is 176 Å². The zero-order valence-corrected chi connectivity index (χ0v) is 18.8. The summed E-state index contributed by atoms with van der Waals surface area (Å²) in [7, 11) is 0. The van der Waals surface area contributed by atoms with Gasteiger partial charge < -0.3 is 5.11 Å². The summed E-state index contributed by atoms with van der Waals surface area (Å²) in [6, 6.07) is 7.17. The summed E-state index contributed by atoms with van der Waals surface area (Å²) in [6.07, 6.45) is 13.7. The van der Waals surface area contributed by atoms with Crippen LogP contribution in [0.1, 0.15) is 96.3 Å². The van der Waals surface area contributed by atoms with Gasteiger partial charge >= 0.3 is 5.97 Å². The van der Waals surface area contributed by atoms with Gasteiger partial charge in [-0.1, -0.05) is 64.5 Å². The second-order valence-corrected chi connectivity index (χ2v) is 10.2. The largest absolute Gasteiger partial charge is 0.478 e. The molecule has 0 spiro atoms. The van der Waals surface area contributed by atoms with Gasteiger partial charge in [0.1, 0.15) is 0 Å². The first-order valence-corrected chi connectivity index (χ1v) is 11.1. The second-order valence-electron chi connectivity index (χ2n) is 10.2. The van der Waals surface area contributed by atoms with E-state index in [9.17, 15) is 4.79 Å². The van der Waals surface area contributed by atoms with E-state index in [1.165, 1.54) is 66.0 Å². The van der Waals surface area contributed by atoms with Crippen molar-refractivity contribution in [2.45, 2.75) is 90.4 Å². The lowest BCUT2D eigenvalue weighted by atomic mass is 9.63. The molecule has 3 rings (SSSR count). The number of carbonyl (C=O) groups is 1. The number of hydrogen-bond donors (Lipinski definition) is 1. The maximum Gasteiger partial charge on any atom is 0.328 e. The summed E-state index contributed by atoms with van der Waals surface area (Å²) in [5.74, 6) is -0.887. The van der Waals surface area contributed by atoms with Crippen LogP contribution in [0.15, 0.2) is 47.6 Å². The summed E-state index contributed by atoms with van der Waals surface area (Å²) in [6.45, 7) is 11.4. The van der Waals surface area contributed by atoms with E-state index < -0.39 is 5.97 Å². The Kier molecular flexibility index (Phi) is 6.22. The first kappa shape index (κ1) is 21.6. The van der Waals surface area contributed by atoms with Crippen molar-refractivity contribution >= 4 is 11.5 Å². The lowest BCUT2D eigenvalue weighted by Gasteiger charge is -2.42. The topological polar surface area (TPSA) is 37.3 Å². The molecular formula is C27H36O2. The van der Waals surface area contributed by atoms with E-state index in [2.05, 4.69) is 52.0 Å². The van der Waals surface area contributed by atoms with Gasteiger partial charge in [0.25, 0.3) is 0 Å². The van der Waals surface area contributed by atoms with Crippen LogP contribution in [0.4, 0.5) is 0 Å². The lowest BCUT2D eigenvalue weighted by molar-refractivity contribution is -0.131. The third-order valence-corrected chi connectivity index (χ3v) is 6.86. The summed E-state index contributed by atoms with van der Waals surface area (Å²) in [4.78, 5) is 10.9. The molecule has 1 aromatic carbocycles. The third kappa shape index (κ3) is 4.91. The second kappa shape index (κ2) is 8.34. The van der Waals surface area contributed by atoms with Crippen LogP contribution in [0.5, 0.6) is 0 Å². The zero-order valence-electron chi connectivity index (χ0n) is 18.8. The van der Waals surface area contributed by atoms with Crippen LogP contribution in [-0.4, -0.2) is 11.1 Å². The van der Waals surface area contributed by atoms with Crippen LogP contribution < -0.4 is 0 Å². The highest BCUT2D eigenvalue weighted by atomic mass is 16.4. The zero-order chi connectivity index (χ0) is 21.2. The Morgan fingerprint density at radius 1 is 0.966 bits per heavy atom. The van der Waals surface area contributed by atoms with Gasteiger partial charge in [0.05, 0.1) is 0 Å². The molecule has 0 heterocycles. The van der Waals surface area contributed by atoms with E-state index in [-0.39, 0.29) is 10.8 Å². The molecule has 0 radical (unpaired) electrons. The number of hydrogen-bond acceptors (Lipinski definition) is 1.